The van der Waals surface area contributed by atoms with Gasteiger partial charge in [0.1, 0.15) is 10.9 Å². The standard InChI is InChI=1S/C7H7BrO2/c1-2-5(8)6-3-4-7(9)10-6/h1,5-6H,3-4H2/t5?,6-/m1/s1. The molecule has 1 aliphatic heterocycles. The molecule has 3 heteroatoms. The van der Waals surface area contributed by atoms with Crippen molar-refractivity contribution in [3.63, 3.8) is 0 Å². The second-order valence-electron chi connectivity index (χ2n) is 2.14. The molecule has 54 valence electrons. The zero-order valence-electron chi connectivity index (χ0n) is 5.34. The summed E-state index contributed by atoms with van der Waals surface area (Å²) in [5, 5.41) is 0. The van der Waals surface area contributed by atoms with E-state index in [2.05, 4.69) is 21.9 Å². The first-order chi connectivity index (χ1) is 4.74. The molecule has 0 bridgehead atoms. The van der Waals surface area contributed by atoms with E-state index in [0.29, 0.717) is 6.42 Å². The maximum absolute atomic E-state index is 10.6. The number of halogens is 1. The number of hydrogen-bond donors (Lipinski definition) is 0. The molecule has 0 N–H and O–H groups in total. The first kappa shape index (κ1) is 7.62. The quantitative estimate of drug-likeness (QED) is 0.362. The summed E-state index contributed by atoms with van der Waals surface area (Å²) in [4.78, 5) is 10.4. The second kappa shape index (κ2) is 3.07. The Labute approximate surface area is 68.1 Å². The van der Waals surface area contributed by atoms with E-state index in [0.717, 1.165) is 6.42 Å². The summed E-state index contributed by atoms with van der Waals surface area (Å²) in [5.74, 6) is 2.32. The highest BCUT2D eigenvalue weighted by Gasteiger charge is 2.27. The third kappa shape index (κ3) is 1.51. The van der Waals surface area contributed by atoms with Crippen LogP contribution in [0.15, 0.2) is 0 Å². The Bertz CT molecular complexity index is 183. The van der Waals surface area contributed by atoms with Crippen LogP contribution in [0.25, 0.3) is 0 Å². The second-order valence-corrected chi connectivity index (χ2v) is 3.12. The van der Waals surface area contributed by atoms with E-state index >= 15 is 0 Å². The van der Waals surface area contributed by atoms with Gasteiger partial charge >= 0.3 is 5.97 Å². The van der Waals surface area contributed by atoms with Gasteiger partial charge in [-0.15, -0.1) is 6.42 Å². The lowest BCUT2D eigenvalue weighted by Crippen LogP contribution is -2.17. The summed E-state index contributed by atoms with van der Waals surface area (Å²) in [7, 11) is 0. The Morgan fingerprint density at radius 3 is 3.00 bits per heavy atom. The molecule has 0 aromatic carbocycles. The molecule has 1 fully saturated rings. The van der Waals surface area contributed by atoms with Gasteiger partial charge in [-0.05, 0) is 6.42 Å². The van der Waals surface area contributed by atoms with Crippen LogP contribution in [0, 0.1) is 12.3 Å². The van der Waals surface area contributed by atoms with Gasteiger partial charge in [0.2, 0.25) is 0 Å². The van der Waals surface area contributed by atoms with E-state index in [4.69, 9.17) is 11.2 Å². The van der Waals surface area contributed by atoms with Crippen LogP contribution >= 0.6 is 15.9 Å². The van der Waals surface area contributed by atoms with Crippen molar-refractivity contribution in [2.45, 2.75) is 23.8 Å². The molecule has 1 rings (SSSR count). The predicted molar refractivity (Wildman–Crippen MR) is 40.7 cm³/mol. The number of carbonyl (C=O) groups is 1. The molecule has 0 radical (unpaired) electrons. The topological polar surface area (TPSA) is 26.3 Å². The van der Waals surface area contributed by atoms with Gasteiger partial charge in [-0.1, -0.05) is 21.9 Å². The van der Waals surface area contributed by atoms with Crippen molar-refractivity contribution in [3.8, 4) is 12.3 Å². The molecule has 2 nitrogen and oxygen atoms in total. The van der Waals surface area contributed by atoms with Crippen molar-refractivity contribution >= 4 is 21.9 Å². The number of rotatable bonds is 1. The van der Waals surface area contributed by atoms with Crippen molar-refractivity contribution < 1.29 is 9.53 Å². The zero-order chi connectivity index (χ0) is 7.56. The lowest BCUT2D eigenvalue weighted by molar-refractivity contribution is -0.141. The molecule has 1 saturated heterocycles. The van der Waals surface area contributed by atoms with Gasteiger partial charge in [-0.3, -0.25) is 4.79 Å². The van der Waals surface area contributed by atoms with Gasteiger partial charge in [0.25, 0.3) is 0 Å². The number of hydrogen-bond acceptors (Lipinski definition) is 2. The van der Waals surface area contributed by atoms with Crippen LogP contribution in [0.4, 0.5) is 0 Å². The first-order valence-corrected chi connectivity index (χ1v) is 3.95. The van der Waals surface area contributed by atoms with Crippen molar-refractivity contribution in [3.05, 3.63) is 0 Å². The maximum Gasteiger partial charge on any atom is 0.306 e. The number of esters is 1. The molecule has 1 unspecified atom stereocenters. The Kier molecular flexibility index (Phi) is 2.34. The molecule has 0 aromatic heterocycles. The van der Waals surface area contributed by atoms with Crippen LogP contribution in [0.1, 0.15) is 12.8 Å². The molecular weight excluding hydrogens is 196 g/mol. The van der Waals surface area contributed by atoms with Crippen molar-refractivity contribution in [1.82, 2.24) is 0 Å². The summed E-state index contributed by atoms with van der Waals surface area (Å²) in [6, 6.07) is 0. The van der Waals surface area contributed by atoms with Gasteiger partial charge in [0.15, 0.2) is 0 Å². The van der Waals surface area contributed by atoms with E-state index in [-0.39, 0.29) is 16.9 Å². The molecule has 0 spiro atoms. The first-order valence-electron chi connectivity index (χ1n) is 3.03. The smallest absolute Gasteiger partial charge is 0.306 e. The van der Waals surface area contributed by atoms with Gasteiger partial charge in [0, 0.05) is 6.42 Å². The van der Waals surface area contributed by atoms with Gasteiger partial charge < -0.3 is 4.74 Å². The average molecular weight is 203 g/mol. The van der Waals surface area contributed by atoms with Crippen LogP contribution in [0.2, 0.25) is 0 Å². The number of cyclic esters (lactones) is 1. The van der Waals surface area contributed by atoms with Crippen molar-refractivity contribution in [2.24, 2.45) is 0 Å². The SMILES string of the molecule is C#CC(Br)[C@H]1CCC(=O)O1. The minimum atomic E-state index is -0.148. The summed E-state index contributed by atoms with van der Waals surface area (Å²) in [6.45, 7) is 0. The van der Waals surface area contributed by atoms with Crippen LogP contribution in [-0.2, 0) is 9.53 Å². The fourth-order valence-electron chi connectivity index (χ4n) is 0.860. The fourth-order valence-corrected chi connectivity index (χ4v) is 1.23. The molecule has 10 heavy (non-hydrogen) atoms. The minimum absolute atomic E-state index is 0.113. The zero-order valence-corrected chi connectivity index (χ0v) is 6.93. The average Bonchev–Trinajstić information content (AvgIpc) is 2.34. The summed E-state index contributed by atoms with van der Waals surface area (Å²) < 4.78 is 4.89. The Morgan fingerprint density at radius 1 is 1.90 bits per heavy atom. The Hall–Kier alpha value is -0.490. The maximum atomic E-state index is 10.6. The van der Waals surface area contributed by atoms with E-state index in [9.17, 15) is 4.79 Å². The van der Waals surface area contributed by atoms with Crippen molar-refractivity contribution in [2.75, 3.05) is 0 Å². The third-order valence-electron chi connectivity index (χ3n) is 1.40. The van der Waals surface area contributed by atoms with Crippen LogP contribution in [-0.4, -0.2) is 16.9 Å². The predicted octanol–water partition coefficient (Wildman–Crippen LogP) is 1.09. The van der Waals surface area contributed by atoms with E-state index < -0.39 is 0 Å². The van der Waals surface area contributed by atoms with Gasteiger partial charge in [-0.2, -0.15) is 0 Å². The van der Waals surface area contributed by atoms with Crippen LogP contribution in [0.5, 0.6) is 0 Å². The molecule has 0 aromatic rings. The van der Waals surface area contributed by atoms with Gasteiger partial charge in [0.05, 0.1) is 0 Å². The molecule has 1 aliphatic rings. The summed E-state index contributed by atoms with van der Waals surface area (Å²) in [5.41, 5.74) is 0. The minimum Gasteiger partial charge on any atom is -0.460 e. The molecule has 0 aliphatic carbocycles. The number of alkyl halides is 1. The third-order valence-corrected chi connectivity index (χ3v) is 2.26. The highest BCUT2D eigenvalue weighted by molar-refractivity contribution is 9.09. The summed E-state index contributed by atoms with van der Waals surface area (Å²) in [6.07, 6.45) is 6.23. The number of terminal acetylenes is 1. The highest BCUT2D eigenvalue weighted by Crippen LogP contribution is 2.20. The van der Waals surface area contributed by atoms with E-state index in [1.54, 1.807) is 0 Å². The lowest BCUT2D eigenvalue weighted by atomic mass is 10.2. The fraction of sp³-hybridized carbons (Fsp3) is 0.571. The van der Waals surface area contributed by atoms with Gasteiger partial charge in [-0.25, -0.2) is 0 Å². The molecule has 1 heterocycles. The normalized spacial score (nSPS) is 27.2. The number of carbonyl (C=O) groups excluding carboxylic acids is 1. The lowest BCUT2D eigenvalue weighted by Gasteiger charge is -2.09. The summed E-state index contributed by atoms with van der Waals surface area (Å²) >= 11 is 3.22. The van der Waals surface area contributed by atoms with Crippen LogP contribution < -0.4 is 0 Å². The Morgan fingerprint density at radius 2 is 2.60 bits per heavy atom. The molecule has 0 saturated carbocycles. The van der Waals surface area contributed by atoms with Crippen molar-refractivity contribution in [1.29, 1.82) is 0 Å². The number of ether oxygens (including phenoxy) is 1. The molecule has 0 amide bonds. The Balaban J connectivity index is 2.46. The van der Waals surface area contributed by atoms with Crippen LogP contribution in [0.3, 0.4) is 0 Å². The highest BCUT2D eigenvalue weighted by atomic mass is 79.9. The monoisotopic (exact) mass is 202 g/mol. The van der Waals surface area contributed by atoms with E-state index in [1.807, 2.05) is 0 Å². The van der Waals surface area contributed by atoms with E-state index in [1.165, 1.54) is 0 Å². The molecule has 2 atom stereocenters. The largest absolute Gasteiger partial charge is 0.460 e. The molecular formula is C7H7BrO2.